The molecule has 0 radical (unpaired) electrons. The van der Waals surface area contributed by atoms with Gasteiger partial charge in [-0.15, -0.1) is 0 Å². The Kier molecular flexibility index (Phi) is 2.84. The van der Waals surface area contributed by atoms with Crippen LogP contribution in [-0.4, -0.2) is 48.9 Å². The number of likely N-dealkylation sites (N-methyl/N-ethyl adjacent to an activating group) is 1. The lowest BCUT2D eigenvalue weighted by Crippen LogP contribution is -2.47. The number of aryl methyl sites for hydroxylation is 1. The first kappa shape index (κ1) is 12.4. The van der Waals surface area contributed by atoms with Crippen LogP contribution in [0.4, 0.5) is 0 Å². The molecular weight excluding hydrogens is 248 g/mol. The molecule has 20 heavy (non-hydrogen) atoms. The molecule has 106 valence electrons. The second kappa shape index (κ2) is 4.59. The molecule has 1 aliphatic heterocycles. The minimum absolute atomic E-state index is 0.280. The minimum atomic E-state index is 0.280. The van der Waals surface area contributed by atoms with Crippen LogP contribution in [0.2, 0.25) is 0 Å². The Morgan fingerprint density at radius 2 is 1.90 bits per heavy atom. The fraction of sp³-hybridized carbons (Fsp3) is 0.588. The molecule has 1 aromatic rings. The number of piperazine rings is 1. The van der Waals surface area contributed by atoms with Crippen LogP contribution < -0.4 is 0 Å². The predicted octanol–water partition coefficient (Wildman–Crippen LogP) is 1.74. The highest BCUT2D eigenvalue weighted by molar-refractivity contribution is 5.84. The summed E-state index contributed by atoms with van der Waals surface area (Å²) in [6, 6.07) is 8.72. The van der Waals surface area contributed by atoms with Crippen LogP contribution in [0.15, 0.2) is 24.3 Å². The monoisotopic (exact) mass is 270 g/mol. The molecule has 3 aliphatic rings. The van der Waals surface area contributed by atoms with E-state index < -0.39 is 0 Å². The summed E-state index contributed by atoms with van der Waals surface area (Å²) in [5.41, 5.74) is 2.93. The summed E-state index contributed by atoms with van der Waals surface area (Å²) in [4.78, 5) is 17.2. The normalized spacial score (nSPS) is 32.5. The van der Waals surface area contributed by atoms with E-state index in [9.17, 15) is 4.79 Å². The molecule has 1 amide bonds. The number of hydrogen-bond donors (Lipinski definition) is 0. The van der Waals surface area contributed by atoms with E-state index in [1.54, 1.807) is 0 Å². The fourth-order valence-electron chi connectivity index (χ4n) is 4.14. The summed E-state index contributed by atoms with van der Waals surface area (Å²) in [6.45, 7) is 3.86. The van der Waals surface area contributed by atoms with Crippen LogP contribution in [0, 0.1) is 11.8 Å². The summed E-state index contributed by atoms with van der Waals surface area (Å²) >= 11 is 0. The zero-order chi connectivity index (χ0) is 13.7. The molecule has 3 atom stereocenters. The van der Waals surface area contributed by atoms with Crippen LogP contribution in [0.3, 0.4) is 0 Å². The first-order valence-electron chi connectivity index (χ1n) is 7.81. The molecule has 0 aromatic heterocycles. The van der Waals surface area contributed by atoms with Gasteiger partial charge in [0, 0.05) is 32.1 Å². The Hall–Kier alpha value is -1.35. The van der Waals surface area contributed by atoms with E-state index in [0.717, 1.165) is 32.6 Å². The first-order valence-corrected chi connectivity index (χ1v) is 7.81. The lowest BCUT2D eigenvalue weighted by atomic mass is 9.92. The number of amides is 1. The molecule has 2 fully saturated rings. The van der Waals surface area contributed by atoms with Gasteiger partial charge in [-0.3, -0.25) is 4.79 Å². The summed E-state index contributed by atoms with van der Waals surface area (Å²) in [6.07, 6.45) is 2.36. The van der Waals surface area contributed by atoms with Crippen molar-refractivity contribution in [3.05, 3.63) is 35.4 Å². The highest BCUT2D eigenvalue weighted by atomic mass is 16.2. The van der Waals surface area contributed by atoms with E-state index in [2.05, 4.69) is 41.1 Å². The molecule has 2 aliphatic carbocycles. The Morgan fingerprint density at radius 1 is 1.15 bits per heavy atom. The highest BCUT2D eigenvalue weighted by Crippen LogP contribution is 2.60. The van der Waals surface area contributed by atoms with Gasteiger partial charge in [0.1, 0.15) is 0 Å². The number of hydrogen-bond acceptors (Lipinski definition) is 2. The van der Waals surface area contributed by atoms with E-state index in [0.29, 0.717) is 17.7 Å². The van der Waals surface area contributed by atoms with E-state index in [4.69, 9.17) is 0 Å². The molecule has 3 nitrogen and oxygen atoms in total. The van der Waals surface area contributed by atoms with Gasteiger partial charge in [0.15, 0.2) is 0 Å². The summed E-state index contributed by atoms with van der Waals surface area (Å²) in [5.74, 6) is 1.84. The van der Waals surface area contributed by atoms with Crippen molar-refractivity contribution in [1.29, 1.82) is 0 Å². The van der Waals surface area contributed by atoms with Crippen LogP contribution in [0.5, 0.6) is 0 Å². The zero-order valence-electron chi connectivity index (χ0n) is 12.1. The van der Waals surface area contributed by atoms with Crippen molar-refractivity contribution in [2.75, 3.05) is 33.2 Å². The number of carbonyl (C=O) groups excluding carboxylic acids is 1. The number of fused-ring (bicyclic) bond motifs is 3. The predicted molar refractivity (Wildman–Crippen MR) is 78.6 cm³/mol. The molecule has 0 N–H and O–H groups in total. The molecular formula is C17H22N2O. The zero-order valence-corrected chi connectivity index (χ0v) is 12.1. The quantitative estimate of drug-likeness (QED) is 0.776. The minimum Gasteiger partial charge on any atom is -0.340 e. The van der Waals surface area contributed by atoms with Crippen molar-refractivity contribution in [1.82, 2.24) is 9.80 Å². The van der Waals surface area contributed by atoms with Crippen molar-refractivity contribution in [2.45, 2.75) is 18.8 Å². The lowest BCUT2D eigenvalue weighted by Gasteiger charge is -2.32. The third kappa shape index (κ3) is 1.87. The molecule has 3 heteroatoms. The number of benzene rings is 1. The van der Waals surface area contributed by atoms with Crippen molar-refractivity contribution in [2.24, 2.45) is 11.8 Å². The molecule has 1 heterocycles. The van der Waals surface area contributed by atoms with Crippen LogP contribution in [-0.2, 0) is 11.2 Å². The van der Waals surface area contributed by atoms with Crippen LogP contribution in [0.1, 0.15) is 23.5 Å². The topological polar surface area (TPSA) is 23.6 Å². The van der Waals surface area contributed by atoms with Gasteiger partial charge in [0.2, 0.25) is 5.91 Å². The first-order chi connectivity index (χ1) is 9.75. The van der Waals surface area contributed by atoms with Crippen molar-refractivity contribution < 1.29 is 4.79 Å². The summed E-state index contributed by atoms with van der Waals surface area (Å²) in [5, 5.41) is 0. The maximum Gasteiger partial charge on any atom is 0.226 e. The highest BCUT2D eigenvalue weighted by Gasteiger charge is 2.57. The van der Waals surface area contributed by atoms with Gasteiger partial charge in [-0.2, -0.15) is 0 Å². The Morgan fingerprint density at radius 3 is 2.70 bits per heavy atom. The summed E-state index contributed by atoms with van der Waals surface area (Å²) < 4.78 is 0. The third-order valence-electron chi connectivity index (χ3n) is 5.43. The Bertz CT molecular complexity index is 534. The maximum absolute atomic E-state index is 12.8. The third-order valence-corrected chi connectivity index (χ3v) is 5.43. The van der Waals surface area contributed by atoms with Crippen LogP contribution in [0.25, 0.3) is 0 Å². The molecule has 4 rings (SSSR count). The van der Waals surface area contributed by atoms with Crippen molar-refractivity contribution in [3.8, 4) is 0 Å². The van der Waals surface area contributed by atoms with E-state index in [1.807, 2.05) is 0 Å². The average molecular weight is 270 g/mol. The van der Waals surface area contributed by atoms with Crippen molar-refractivity contribution >= 4 is 5.91 Å². The molecule has 0 spiro atoms. The van der Waals surface area contributed by atoms with Gasteiger partial charge < -0.3 is 9.80 Å². The van der Waals surface area contributed by atoms with E-state index in [1.165, 1.54) is 17.5 Å². The smallest absolute Gasteiger partial charge is 0.226 e. The molecule has 1 saturated carbocycles. The van der Waals surface area contributed by atoms with Gasteiger partial charge in [0.25, 0.3) is 0 Å². The number of rotatable bonds is 1. The second-order valence-corrected chi connectivity index (χ2v) is 6.58. The maximum atomic E-state index is 12.8. The SMILES string of the molecule is CN1CCN(C(=O)C2C3CCc4ccccc4C32)CC1. The number of carbonyl (C=O) groups is 1. The Balaban J connectivity index is 1.51. The van der Waals surface area contributed by atoms with Gasteiger partial charge >= 0.3 is 0 Å². The van der Waals surface area contributed by atoms with Gasteiger partial charge in [0.05, 0.1) is 0 Å². The van der Waals surface area contributed by atoms with Crippen LogP contribution >= 0.6 is 0 Å². The van der Waals surface area contributed by atoms with Gasteiger partial charge in [-0.25, -0.2) is 0 Å². The summed E-state index contributed by atoms with van der Waals surface area (Å²) in [7, 11) is 2.13. The molecule has 3 unspecified atom stereocenters. The molecule has 1 aromatic carbocycles. The largest absolute Gasteiger partial charge is 0.340 e. The lowest BCUT2D eigenvalue weighted by molar-refractivity contribution is -0.134. The standard InChI is InChI=1S/C17H22N2O/c1-18-8-10-19(11-9-18)17(20)16-14-7-6-12-4-2-3-5-13(12)15(14)16/h2-5,14-16H,6-11H2,1H3. The Labute approximate surface area is 120 Å². The average Bonchev–Trinajstić information content (AvgIpc) is 3.22. The van der Waals surface area contributed by atoms with Gasteiger partial charge in [-0.1, -0.05) is 24.3 Å². The number of nitrogens with zero attached hydrogens (tertiary/aromatic N) is 2. The van der Waals surface area contributed by atoms with Gasteiger partial charge in [-0.05, 0) is 42.9 Å². The van der Waals surface area contributed by atoms with E-state index in [-0.39, 0.29) is 5.92 Å². The van der Waals surface area contributed by atoms with E-state index >= 15 is 0 Å². The van der Waals surface area contributed by atoms with Crippen molar-refractivity contribution in [3.63, 3.8) is 0 Å². The molecule has 0 bridgehead atoms. The molecule has 1 saturated heterocycles. The second-order valence-electron chi connectivity index (χ2n) is 6.58. The fourth-order valence-corrected chi connectivity index (χ4v) is 4.14.